The summed E-state index contributed by atoms with van der Waals surface area (Å²) in [6, 6.07) is 5.31. The number of hydrogen-bond donors (Lipinski definition) is 1. The number of amides is 1. The van der Waals surface area contributed by atoms with E-state index < -0.39 is 23.6 Å². The minimum atomic E-state index is -1.15. The Labute approximate surface area is 98.7 Å². The van der Waals surface area contributed by atoms with Gasteiger partial charge in [0.2, 0.25) is 5.91 Å². The summed E-state index contributed by atoms with van der Waals surface area (Å²) in [6.07, 6.45) is 0.222. The third-order valence-corrected chi connectivity index (χ3v) is 2.55. The van der Waals surface area contributed by atoms with E-state index in [0.29, 0.717) is 5.69 Å². The highest BCUT2D eigenvalue weighted by molar-refractivity contribution is 6.05. The summed E-state index contributed by atoms with van der Waals surface area (Å²) in [5.41, 5.74) is 0.469. The number of carbonyl (C=O) groups excluding carboxylic acids is 1. The molecular weight excluding hydrogens is 225 g/mol. The van der Waals surface area contributed by atoms with E-state index in [9.17, 15) is 14.0 Å². The fourth-order valence-corrected chi connectivity index (χ4v) is 1.48. The Balaban J connectivity index is 2.89. The highest BCUT2D eigenvalue weighted by Gasteiger charge is 2.27. The predicted octanol–water partition coefficient (Wildman–Crippen LogP) is 1.90. The summed E-state index contributed by atoms with van der Waals surface area (Å²) in [6.45, 7) is 1.63. The van der Waals surface area contributed by atoms with Crippen LogP contribution in [0.2, 0.25) is 0 Å². The summed E-state index contributed by atoms with van der Waals surface area (Å²) < 4.78 is 12.7. The van der Waals surface area contributed by atoms with Crippen molar-refractivity contribution in [2.45, 2.75) is 13.3 Å². The van der Waals surface area contributed by atoms with Crippen LogP contribution in [0.15, 0.2) is 24.3 Å². The molecule has 0 heterocycles. The predicted molar refractivity (Wildman–Crippen MR) is 61.2 cm³/mol. The number of rotatable bonds is 4. The highest BCUT2D eigenvalue weighted by Crippen LogP contribution is 2.17. The first-order valence-corrected chi connectivity index (χ1v) is 5.23. The number of carboxylic acids is 1. The fraction of sp³-hybridized carbons (Fsp3) is 0.333. The van der Waals surface area contributed by atoms with Gasteiger partial charge in [-0.1, -0.05) is 6.92 Å². The largest absolute Gasteiger partial charge is 0.481 e. The average molecular weight is 239 g/mol. The van der Waals surface area contributed by atoms with Crippen molar-refractivity contribution >= 4 is 17.6 Å². The molecule has 1 atom stereocenters. The summed E-state index contributed by atoms with van der Waals surface area (Å²) >= 11 is 0. The molecule has 5 heteroatoms. The second-order valence-electron chi connectivity index (χ2n) is 3.67. The van der Waals surface area contributed by atoms with E-state index in [1.807, 2.05) is 0 Å². The Kier molecular flexibility index (Phi) is 4.20. The molecule has 1 N–H and O–H groups in total. The minimum Gasteiger partial charge on any atom is -0.481 e. The molecule has 1 unspecified atom stereocenters. The Hall–Kier alpha value is -1.91. The van der Waals surface area contributed by atoms with Gasteiger partial charge in [-0.15, -0.1) is 0 Å². The van der Waals surface area contributed by atoms with Crippen molar-refractivity contribution in [3.63, 3.8) is 0 Å². The first-order valence-electron chi connectivity index (χ1n) is 5.23. The van der Waals surface area contributed by atoms with Gasteiger partial charge in [-0.05, 0) is 30.7 Å². The van der Waals surface area contributed by atoms with Crippen LogP contribution in [-0.4, -0.2) is 24.0 Å². The molecule has 0 fully saturated rings. The molecule has 0 spiro atoms. The van der Waals surface area contributed by atoms with E-state index in [4.69, 9.17) is 5.11 Å². The van der Waals surface area contributed by atoms with E-state index in [0.717, 1.165) is 0 Å². The van der Waals surface area contributed by atoms with Crippen LogP contribution in [0, 0.1) is 11.7 Å². The van der Waals surface area contributed by atoms with Crippen LogP contribution in [0.3, 0.4) is 0 Å². The zero-order chi connectivity index (χ0) is 13.0. The van der Waals surface area contributed by atoms with Gasteiger partial charge in [0, 0.05) is 12.7 Å². The lowest BCUT2D eigenvalue weighted by Crippen LogP contribution is -2.36. The van der Waals surface area contributed by atoms with E-state index in [1.165, 1.54) is 36.2 Å². The molecule has 0 saturated heterocycles. The third-order valence-electron chi connectivity index (χ3n) is 2.55. The first kappa shape index (κ1) is 13.2. The number of halogens is 1. The van der Waals surface area contributed by atoms with E-state index in [1.54, 1.807) is 6.92 Å². The van der Waals surface area contributed by atoms with Gasteiger partial charge in [-0.3, -0.25) is 9.59 Å². The molecule has 0 bridgehead atoms. The Morgan fingerprint density at radius 2 is 1.88 bits per heavy atom. The number of hydrogen-bond acceptors (Lipinski definition) is 2. The van der Waals surface area contributed by atoms with E-state index in [2.05, 4.69) is 0 Å². The maximum Gasteiger partial charge on any atom is 0.316 e. The van der Waals surface area contributed by atoms with Crippen LogP contribution in [0.4, 0.5) is 10.1 Å². The zero-order valence-electron chi connectivity index (χ0n) is 9.68. The van der Waals surface area contributed by atoms with Crippen LogP contribution in [0.25, 0.3) is 0 Å². The lowest BCUT2D eigenvalue weighted by Gasteiger charge is -2.20. The number of carbonyl (C=O) groups is 2. The quantitative estimate of drug-likeness (QED) is 0.816. The molecule has 0 aliphatic carbocycles. The van der Waals surface area contributed by atoms with E-state index >= 15 is 0 Å². The average Bonchev–Trinajstić information content (AvgIpc) is 2.29. The van der Waals surface area contributed by atoms with Crippen LogP contribution in [0.1, 0.15) is 13.3 Å². The molecule has 1 rings (SSSR count). The van der Waals surface area contributed by atoms with Gasteiger partial charge in [0.25, 0.3) is 0 Å². The van der Waals surface area contributed by atoms with Crippen molar-refractivity contribution in [2.75, 3.05) is 11.9 Å². The van der Waals surface area contributed by atoms with E-state index in [-0.39, 0.29) is 6.42 Å². The normalized spacial score (nSPS) is 11.9. The van der Waals surface area contributed by atoms with Gasteiger partial charge in [-0.25, -0.2) is 4.39 Å². The zero-order valence-corrected chi connectivity index (χ0v) is 9.68. The number of carboxylic acid groups (broad SMARTS) is 1. The number of nitrogens with zero attached hydrogens (tertiary/aromatic N) is 1. The summed E-state index contributed by atoms with van der Waals surface area (Å²) in [4.78, 5) is 23.9. The smallest absolute Gasteiger partial charge is 0.316 e. The molecule has 4 nitrogen and oxygen atoms in total. The van der Waals surface area contributed by atoms with Gasteiger partial charge in [0.05, 0.1) is 0 Å². The Morgan fingerprint density at radius 1 is 1.35 bits per heavy atom. The molecule has 17 heavy (non-hydrogen) atoms. The molecular formula is C12H14FNO3. The first-order chi connectivity index (χ1) is 7.97. The Morgan fingerprint density at radius 3 is 2.29 bits per heavy atom. The highest BCUT2D eigenvalue weighted by atomic mass is 19.1. The minimum absolute atomic E-state index is 0.222. The lowest BCUT2D eigenvalue weighted by atomic mass is 10.1. The summed E-state index contributed by atoms with van der Waals surface area (Å²) in [7, 11) is 1.47. The van der Waals surface area contributed by atoms with Crippen LogP contribution in [0.5, 0.6) is 0 Å². The molecule has 0 radical (unpaired) electrons. The van der Waals surface area contributed by atoms with Gasteiger partial charge in [0.1, 0.15) is 11.7 Å². The monoisotopic (exact) mass is 239 g/mol. The van der Waals surface area contributed by atoms with Crippen molar-refractivity contribution in [2.24, 2.45) is 5.92 Å². The summed E-state index contributed by atoms with van der Waals surface area (Å²) in [5, 5.41) is 8.88. The van der Waals surface area contributed by atoms with Crippen LogP contribution < -0.4 is 4.90 Å². The topological polar surface area (TPSA) is 57.6 Å². The molecule has 1 aromatic carbocycles. The molecule has 0 aliphatic heterocycles. The van der Waals surface area contributed by atoms with Crippen molar-refractivity contribution < 1.29 is 19.1 Å². The third kappa shape index (κ3) is 3.03. The molecule has 0 aliphatic rings. The van der Waals surface area contributed by atoms with Gasteiger partial charge < -0.3 is 10.0 Å². The van der Waals surface area contributed by atoms with Crippen molar-refractivity contribution in [1.82, 2.24) is 0 Å². The second kappa shape index (κ2) is 5.43. The molecule has 0 saturated carbocycles. The van der Waals surface area contributed by atoms with Gasteiger partial charge >= 0.3 is 5.97 Å². The fourth-order valence-electron chi connectivity index (χ4n) is 1.48. The molecule has 0 aromatic heterocycles. The molecule has 1 aromatic rings. The number of anilines is 1. The second-order valence-corrected chi connectivity index (χ2v) is 3.67. The van der Waals surface area contributed by atoms with Gasteiger partial charge in [-0.2, -0.15) is 0 Å². The van der Waals surface area contributed by atoms with Gasteiger partial charge in [0.15, 0.2) is 0 Å². The van der Waals surface area contributed by atoms with Crippen molar-refractivity contribution in [3.05, 3.63) is 30.1 Å². The van der Waals surface area contributed by atoms with Crippen LogP contribution >= 0.6 is 0 Å². The van der Waals surface area contributed by atoms with Crippen molar-refractivity contribution in [1.29, 1.82) is 0 Å². The standard InChI is InChI=1S/C12H14FNO3/c1-3-10(12(16)17)11(15)14(2)9-6-4-8(13)5-7-9/h4-7,10H,3H2,1-2H3,(H,16,17). The summed E-state index contributed by atoms with van der Waals surface area (Å²) in [5.74, 6) is -3.12. The molecule has 92 valence electrons. The maximum atomic E-state index is 12.7. The SMILES string of the molecule is CCC(C(=O)O)C(=O)N(C)c1ccc(F)cc1. The lowest BCUT2D eigenvalue weighted by molar-refractivity contribution is -0.146. The van der Waals surface area contributed by atoms with Crippen LogP contribution in [-0.2, 0) is 9.59 Å². The van der Waals surface area contributed by atoms with Crippen molar-refractivity contribution in [3.8, 4) is 0 Å². The molecule has 1 amide bonds. The number of benzene rings is 1. The number of aliphatic carboxylic acids is 1. The Bertz CT molecular complexity index is 416. The maximum absolute atomic E-state index is 12.7.